The highest BCUT2D eigenvalue weighted by Gasteiger charge is 2.47. The van der Waals surface area contributed by atoms with Gasteiger partial charge < -0.3 is 24.1 Å². The maximum atomic E-state index is 13.0. The number of benzene rings is 1. The van der Waals surface area contributed by atoms with Crippen LogP contribution in [0, 0.1) is 6.92 Å². The highest BCUT2D eigenvalue weighted by Crippen LogP contribution is 2.40. The molecular weight excluding hydrogens is 396 g/mol. The molecule has 2 heterocycles. The maximum absolute atomic E-state index is 13.0. The minimum Gasteiger partial charge on any atom is -0.507 e. The zero-order chi connectivity index (χ0) is 22.5. The number of aliphatic hydroxyl groups excluding tert-OH is 1. The van der Waals surface area contributed by atoms with E-state index in [0.717, 1.165) is 19.6 Å². The molecule has 1 atom stereocenters. The molecule has 1 aliphatic heterocycles. The number of aryl methyl sites for hydroxylation is 1. The van der Waals surface area contributed by atoms with E-state index >= 15 is 0 Å². The van der Waals surface area contributed by atoms with Crippen LogP contribution in [0.4, 0.5) is 0 Å². The summed E-state index contributed by atoms with van der Waals surface area (Å²) in [5, 5.41) is 11.0. The zero-order valence-electron chi connectivity index (χ0n) is 18.6. The fourth-order valence-electron chi connectivity index (χ4n) is 3.94. The minimum absolute atomic E-state index is 0.0374. The number of ether oxygens (including phenoxy) is 1. The van der Waals surface area contributed by atoms with Gasteiger partial charge in [0, 0.05) is 12.1 Å². The van der Waals surface area contributed by atoms with Crippen LogP contribution in [-0.2, 0) is 9.59 Å². The monoisotopic (exact) mass is 426 g/mol. The van der Waals surface area contributed by atoms with Gasteiger partial charge >= 0.3 is 0 Å². The van der Waals surface area contributed by atoms with Crippen LogP contribution in [0.5, 0.6) is 5.75 Å². The van der Waals surface area contributed by atoms with Gasteiger partial charge in [-0.25, -0.2) is 0 Å². The van der Waals surface area contributed by atoms with Crippen LogP contribution < -0.4 is 4.74 Å². The highest BCUT2D eigenvalue weighted by molar-refractivity contribution is 6.46. The van der Waals surface area contributed by atoms with Gasteiger partial charge in [-0.2, -0.15) is 0 Å². The number of furan rings is 1. The van der Waals surface area contributed by atoms with Gasteiger partial charge in [0.25, 0.3) is 11.7 Å². The second kappa shape index (κ2) is 9.83. The molecule has 1 amide bonds. The van der Waals surface area contributed by atoms with Gasteiger partial charge in [0.05, 0.1) is 12.7 Å². The van der Waals surface area contributed by atoms with Gasteiger partial charge in [0.1, 0.15) is 29.1 Å². The first-order chi connectivity index (χ1) is 14.9. The molecule has 0 saturated carbocycles. The molecule has 1 N–H and O–H groups in total. The molecule has 0 aliphatic carbocycles. The molecule has 1 saturated heterocycles. The Morgan fingerprint density at radius 3 is 2.55 bits per heavy atom. The van der Waals surface area contributed by atoms with Crippen molar-refractivity contribution >= 4 is 17.4 Å². The first-order valence-corrected chi connectivity index (χ1v) is 10.6. The molecule has 1 fully saturated rings. The molecule has 0 radical (unpaired) electrons. The van der Waals surface area contributed by atoms with Crippen LogP contribution in [0.1, 0.15) is 43.4 Å². The van der Waals surface area contributed by atoms with Crippen molar-refractivity contribution < 1.29 is 23.8 Å². The van der Waals surface area contributed by atoms with Crippen LogP contribution in [0.25, 0.3) is 5.76 Å². The fraction of sp³-hybridized carbons (Fsp3) is 0.417. The maximum Gasteiger partial charge on any atom is 0.295 e. The molecule has 2 aromatic rings. The quantitative estimate of drug-likeness (QED) is 0.374. The molecule has 31 heavy (non-hydrogen) atoms. The van der Waals surface area contributed by atoms with Crippen molar-refractivity contribution in [3.8, 4) is 5.75 Å². The number of hydrogen-bond acceptors (Lipinski definition) is 6. The van der Waals surface area contributed by atoms with Crippen molar-refractivity contribution in [2.24, 2.45) is 0 Å². The smallest absolute Gasteiger partial charge is 0.295 e. The van der Waals surface area contributed by atoms with E-state index in [1.54, 1.807) is 43.3 Å². The van der Waals surface area contributed by atoms with Crippen molar-refractivity contribution in [2.45, 2.75) is 33.2 Å². The Morgan fingerprint density at radius 1 is 1.19 bits per heavy atom. The summed E-state index contributed by atoms with van der Waals surface area (Å²) in [6.07, 6.45) is 0.712. The molecule has 166 valence electrons. The van der Waals surface area contributed by atoms with Gasteiger partial charge in [0.15, 0.2) is 0 Å². The number of aliphatic hydroxyl groups is 1. The summed E-state index contributed by atoms with van der Waals surface area (Å²) >= 11 is 0. The number of rotatable bonds is 9. The van der Waals surface area contributed by atoms with Gasteiger partial charge in [-0.15, -0.1) is 0 Å². The molecule has 0 unspecified atom stereocenters. The van der Waals surface area contributed by atoms with Gasteiger partial charge in [0.2, 0.25) is 0 Å². The Kier molecular flexibility index (Phi) is 7.17. The van der Waals surface area contributed by atoms with E-state index in [2.05, 4.69) is 18.7 Å². The van der Waals surface area contributed by atoms with Gasteiger partial charge in [-0.3, -0.25) is 9.59 Å². The lowest BCUT2D eigenvalue weighted by molar-refractivity contribution is -0.140. The number of carbonyl (C=O) groups is 2. The third kappa shape index (κ3) is 4.66. The third-order valence-electron chi connectivity index (χ3n) is 5.68. The molecule has 7 nitrogen and oxygen atoms in total. The highest BCUT2D eigenvalue weighted by atomic mass is 16.5. The van der Waals surface area contributed by atoms with Crippen molar-refractivity contribution in [3.05, 3.63) is 59.1 Å². The van der Waals surface area contributed by atoms with Crippen LogP contribution in [0.15, 0.2) is 46.4 Å². The molecule has 0 spiro atoms. The average molecular weight is 427 g/mol. The Hall–Kier alpha value is -3.06. The molecule has 1 aromatic carbocycles. The largest absolute Gasteiger partial charge is 0.507 e. The van der Waals surface area contributed by atoms with E-state index in [1.165, 1.54) is 12.0 Å². The Labute approximate surface area is 182 Å². The molecule has 1 aliphatic rings. The van der Waals surface area contributed by atoms with Crippen LogP contribution >= 0.6 is 0 Å². The molecule has 7 heteroatoms. The second-order valence-electron chi connectivity index (χ2n) is 7.55. The summed E-state index contributed by atoms with van der Waals surface area (Å²) in [6, 6.07) is 9.55. The van der Waals surface area contributed by atoms with E-state index in [-0.39, 0.29) is 11.3 Å². The summed E-state index contributed by atoms with van der Waals surface area (Å²) in [5.41, 5.74) is 0.448. The van der Waals surface area contributed by atoms with Crippen LogP contribution in [0.3, 0.4) is 0 Å². The third-order valence-corrected chi connectivity index (χ3v) is 5.68. The summed E-state index contributed by atoms with van der Waals surface area (Å²) in [4.78, 5) is 29.7. The molecule has 1 aromatic heterocycles. The predicted octanol–water partition coefficient (Wildman–Crippen LogP) is 3.75. The number of carbonyl (C=O) groups excluding carboxylic acids is 2. The number of methoxy groups -OCH3 is 1. The number of Topliss-reactive ketones (excluding diaryl/α,β-unsaturated/α-hetero) is 1. The Balaban J connectivity index is 2.01. The van der Waals surface area contributed by atoms with E-state index in [1.807, 2.05) is 0 Å². The summed E-state index contributed by atoms with van der Waals surface area (Å²) in [5.74, 6) is 0.116. The van der Waals surface area contributed by atoms with Crippen molar-refractivity contribution in [3.63, 3.8) is 0 Å². The molecular formula is C24H30N2O5. The van der Waals surface area contributed by atoms with Crippen LogP contribution in [0.2, 0.25) is 0 Å². The first-order valence-electron chi connectivity index (χ1n) is 10.6. The first kappa shape index (κ1) is 22.6. The normalized spacial score (nSPS) is 18.2. The zero-order valence-corrected chi connectivity index (χ0v) is 18.6. The number of nitrogens with zero attached hydrogens (tertiary/aromatic N) is 2. The Morgan fingerprint density at radius 2 is 1.94 bits per heavy atom. The topological polar surface area (TPSA) is 83.2 Å². The summed E-state index contributed by atoms with van der Waals surface area (Å²) in [6.45, 7) is 9.04. The van der Waals surface area contributed by atoms with Gasteiger partial charge in [-0.05, 0) is 57.2 Å². The van der Waals surface area contributed by atoms with Crippen molar-refractivity contribution in [2.75, 3.05) is 33.3 Å². The van der Waals surface area contributed by atoms with Crippen LogP contribution in [-0.4, -0.2) is 59.9 Å². The molecule has 3 rings (SSSR count). The van der Waals surface area contributed by atoms with E-state index < -0.39 is 17.7 Å². The Bertz CT molecular complexity index is 974. The van der Waals surface area contributed by atoms with Gasteiger partial charge in [-0.1, -0.05) is 26.0 Å². The van der Waals surface area contributed by atoms with Crippen molar-refractivity contribution in [1.29, 1.82) is 0 Å². The standard InChI is InChI=1S/C24H30N2O5/c1-5-25(6-2)13-8-14-26-21(19-12-11-16(3)31-19)20(23(28)24(26)29)22(27)17-9-7-10-18(15-17)30-4/h7,9-12,15,21,27H,5-6,8,13-14H2,1-4H3/b22-20+/t21-/m1/s1. The van der Waals surface area contributed by atoms with E-state index in [4.69, 9.17) is 9.15 Å². The average Bonchev–Trinajstić information content (AvgIpc) is 3.32. The lowest BCUT2D eigenvalue weighted by Gasteiger charge is -2.25. The number of likely N-dealkylation sites (tertiary alicyclic amines) is 1. The minimum atomic E-state index is -0.767. The lowest BCUT2D eigenvalue weighted by Crippen LogP contribution is -2.33. The van der Waals surface area contributed by atoms with Crippen molar-refractivity contribution in [1.82, 2.24) is 9.80 Å². The lowest BCUT2D eigenvalue weighted by atomic mass is 9.99. The predicted molar refractivity (Wildman–Crippen MR) is 118 cm³/mol. The van der Waals surface area contributed by atoms with E-state index in [0.29, 0.717) is 35.8 Å². The fourth-order valence-corrected chi connectivity index (χ4v) is 3.94. The van der Waals surface area contributed by atoms with E-state index in [9.17, 15) is 14.7 Å². The summed E-state index contributed by atoms with van der Waals surface area (Å²) in [7, 11) is 1.53. The number of amides is 1. The SMILES string of the molecule is CCN(CC)CCCN1C(=O)C(=O)/C(=C(/O)c2cccc(OC)c2)[C@H]1c1ccc(C)o1. The second-order valence-corrected chi connectivity index (χ2v) is 7.55. The summed E-state index contributed by atoms with van der Waals surface area (Å²) < 4.78 is 11.0. The number of ketones is 1. The number of hydrogen-bond donors (Lipinski definition) is 1. The molecule has 0 bridgehead atoms.